The number of aromatic nitrogens is 2. The minimum Gasteiger partial charge on any atom is -0.395 e. The first kappa shape index (κ1) is 12.9. The number of carbonyl (C=O) groups excluding carboxylic acids is 1. The molecule has 1 heterocycles. The van der Waals surface area contributed by atoms with Gasteiger partial charge in [-0.3, -0.25) is 9.89 Å². The van der Waals surface area contributed by atoms with Crippen LogP contribution in [-0.4, -0.2) is 45.3 Å². The molecular formula is C12H20N4O2. The third-order valence-corrected chi connectivity index (χ3v) is 3.17. The SMILES string of the molecule is CCCc1[nH]nc(C(=O)N(CCO)C2CC2)c1N. The van der Waals surface area contributed by atoms with E-state index in [1.165, 1.54) is 0 Å². The van der Waals surface area contributed by atoms with E-state index in [1.807, 2.05) is 6.92 Å². The van der Waals surface area contributed by atoms with Crippen molar-refractivity contribution >= 4 is 11.6 Å². The summed E-state index contributed by atoms with van der Waals surface area (Å²) in [6.45, 7) is 2.36. The maximum Gasteiger partial charge on any atom is 0.276 e. The van der Waals surface area contributed by atoms with Crippen molar-refractivity contribution in [2.24, 2.45) is 0 Å². The van der Waals surface area contributed by atoms with Gasteiger partial charge in [-0.1, -0.05) is 13.3 Å². The van der Waals surface area contributed by atoms with E-state index in [4.69, 9.17) is 10.8 Å². The van der Waals surface area contributed by atoms with Crippen LogP contribution in [0.3, 0.4) is 0 Å². The number of aliphatic hydroxyl groups is 1. The molecule has 1 aromatic heterocycles. The Kier molecular flexibility index (Phi) is 3.86. The van der Waals surface area contributed by atoms with E-state index >= 15 is 0 Å². The number of nitrogens with zero attached hydrogens (tertiary/aromatic N) is 2. The molecule has 0 aliphatic heterocycles. The van der Waals surface area contributed by atoms with Crippen molar-refractivity contribution in [3.05, 3.63) is 11.4 Å². The van der Waals surface area contributed by atoms with E-state index in [2.05, 4.69) is 10.2 Å². The van der Waals surface area contributed by atoms with Crippen molar-refractivity contribution < 1.29 is 9.90 Å². The van der Waals surface area contributed by atoms with Crippen LogP contribution in [-0.2, 0) is 6.42 Å². The molecule has 0 bridgehead atoms. The lowest BCUT2D eigenvalue weighted by Crippen LogP contribution is -2.36. The summed E-state index contributed by atoms with van der Waals surface area (Å²) in [5.41, 5.74) is 7.50. The van der Waals surface area contributed by atoms with Crippen LogP contribution in [0.2, 0.25) is 0 Å². The number of nitrogens with one attached hydrogen (secondary N) is 1. The highest BCUT2D eigenvalue weighted by atomic mass is 16.3. The smallest absolute Gasteiger partial charge is 0.276 e. The van der Waals surface area contributed by atoms with Crippen LogP contribution in [0.25, 0.3) is 0 Å². The summed E-state index contributed by atoms with van der Waals surface area (Å²) in [5.74, 6) is -0.178. The van der Waals surface area contributed by atoms with Gasteiger partial charge in [0.25, 0.3) is 5.91 Å². The van der Waals surface area contributed by atoms with Gasteiger partial charge in [0.1, 0.15) is 0 Å². The summed E-state index contributed by atoms with van der Waals surface area (Å²) in [4.78, 5) is 14.0. The fourth-order valence-electron chi connectivity index (χ4n) is 2.07. The second-order valence-electron chi connectivity index (χ2n) is 4.67. The first-order valence-electron chi connectivity index (χ1n) is 6.43. The predicted molar refractivity (Wildman–Crippen MR) is 68.1 cm³/mol. The summed E-state index contributed by atoms with van der Waals surface area (Å²) in [7, 11) is 0. The van der Waals surface area contributed by atoms with Crippen molar-refractivity contribution in [2.75, 3.05) is 18.9 Å². The van der Waals surface area contributed by atoms with Gasteiger partial charge in [-0.2, -0.15) is 5.10 Å². The van der Waals surface area contributed by atoms with Gasteiger partial charge in [0.15, 0.2) is 5.69 Å². The number of hydrogen-bond donors (Lipinski definition) is 3. The maximum atomic E-state index is 12.3. The summed E-state index contributed by atoms with van der Waals surface area (Å²) < 4.78 is 0. The average molecular weight is 252 g/mol. The third-order valence-electron chi connectivity index (χ3n) is 3.17. The molecule has 18 heavy (non-hydrogen) atoms. The second kappa shape index (κ2) is 5.39. The van der Waals surface area contributed by atoms with Crippen molar-refractivity contribution in [3.63, 3.8) is 0 Å². The van der Waals surface area contributed by atoms with Crippen LogP contribution in [0.1, 0.15) is 42.4 Å². The fourth-order valence-corrected chi connectivity index (χ4v) is 2.07. The third kappa shape index (κ3) is 2.48. The van der Waals surface area contributed by atoms with Gasteiger partial charge >= 0.3 is 0 Å². The predicted octanol–water partition coefficient (Wildman–Crippen LogP) is 0.541. The molecule has 1 amide bonds. The van der Waals surface area contributed by atoms with Crippen LogP contribution in [0.5, 0.6) is 0 Å². The molecule has 1 aliphatic carbocycles. The van der Waals surface area contributed by atoms with Crippen molar-refractivity contribution in [3.8, 4) is 0 Å². The highest BCUT2D eigenvalue weighted by Crippen LogP contribution is 2.29. The zero-order valence-corrected chi connectivity index (χ0v) is 10.6. The number of nitrogens with two attached hydrogens (primary N) is 1. The van der Waals surface area contributed by atoms with Gasteiger partial charge in [0.05, 0.1) is 18.0 Å². The van der Waals surface area contributed by atoms with E-state index in [0.717, 1.165) is 31.4 Å². The number of hydrogen-bond acceptors (Lipinski definition) is 4. The molecule has 0 spiro atoms. The highest BCUT2D eigenvalue weighted by Gasteiger charge is 2.34. The zero-order valence-electron chi connectivity index (χ0n) is 10.6. The summed E-state index contributed by atoms with van der Waals surface area (Å²) >= 11 is 0. The van der Waals surface area contributed by atoms with Gasteiger partial charge in [0.2, 0.25) is 0 Å². The molecule has 6 heteroatoms. The molecule has 0 atom stereocenters. The van der Waals surface area contributed by atoms with E-state index < -0.39 is 0 Å². The molecule has 0 saturated heterocycles. The lowest BCUT2D eigenvalue weighted by Gasteiger charge is -2.20. The maximum absolute atomic E-state index is 12.3. The Morgan fingerprint density at radius 3 is 2.89 bits per heavy atom. The number of aliphatic hydroxyl groups excluding tert-OH is 1. The van der Waals surface area contributed by atoms with Gasteiger partial charge in [-0.25, -0.2) is 0 Å². The highest BCUT2D eigenvalue weighted by molar-refractivity contribution is 5.98. The van der Waals surface area contributed by atoms with Crippen LogP contribution in [0, 0.1) is 0 Å². The van der Waals surface area contributed by atoms with Crippen LogP contribution >= 0.6 is 0 Å². The average Bonchev–Trinajstić information content (AvgIpc) is 3.13. The molecule has 0 aromatic carbocycles. The topological polar surface area (TPSA) is 95.2 Å². The quantitative estimate of drug-likeness (QED) is 0.688. The van der Waals surface area contributed by atoms with Crippen molar-refractivity contribution in [1.82, 2.24) is 15.1 Å². The molecule has 1 saturated carbocycles. The molecule has 1 aliphatic rings. The molecule has 4 N–H and O–H groups in total. The molecule has 6 nitrogen and oxygen atoms in total. The van der Waals surface area contributed by atoms with Gasteiger partial charge < -0.3 is 15.7 Å². The number of rotatable bonds is 6. The first-order chi connectivity index (χ1) is 8.69. The lowest BCUT2D eigenvalue weighted by molar-refractivity contribution is 0.0702. The van der Waals surface area contributed by atoms with Crippen LogP contribution < -0.4 is 5.73 Å². The lowest BCUT2D eigenvalue weighted by atomic mass is 10.2. The zero-order chi connectivity index (χ0) is 13.1. The van der Waals surface area contributed by atoms with E-state index in [1.54, 1.807) is 4.90 Å². The standard InChI is InChI=1S/C12H20N4O2/c1-2-3-9-10(13)11(15-14-9)12(18)16(6-7-17)8-4-5-8/h8,17H,2-7,13H2,1H3,(H,14,15). The van der Waals surface area contributed by atoms with Crippen molar-refractivity contribution in [1.29, 1.82) is 0 Å². The second-order valence-corrected chi connectivity index (χ2v) is 4.67. The number of anilines is 1. The van der Waals surface area contributed by atoms with Crippen molar-refractivity contribution in [2.45, 2.75) is 38.6 Å². The molecular weight excluding hydrogens is 232 g/mol. The first-order valence-corrected chi connectivity index (χ1v) is 6.43. The Labute approximate surface area is 106 Å². The fraction of sp³-hybridized carbons (Fsp3) is 0.667. The molecule has 1 aromatic rings. The van der Waals surface area contributed by atoms with Crippen LogP contribution in [0.4, 0.5) is 5.69 Å². The number of aromatic amines is 1. The Hall–Kier alpha value is -1.56. The monoisotopic (exact) mass is 252 g/mol. The van der Waals surface area contributed by atoms with E-state index in [9.17, 15) is 4.79 Å². The minimum atomic E-state index is -0.178. The van der Waals surface area contributed by atoms with Gasteiger partial charge in [-0.15, -0.1) is 0 Å². The minimum absolute atomic E-state index is 0.0333. The number of H-pyrrole nitrogens is 1. The Balaban J connectivity index is 2.16. The van der Waals surface area contributed by atoms with Gasteiger partial charge in [0, 0.05) is 12.6 Å². The summed E-state index contributed by atoms with van der Waals surface area (Å²) in [6, 6.07) is 0.246. The number of aryl methyl sites for hydroxylation is 1. The Morgan fingerprint density at radius 1 is 1.61 bits per heavy atom. The van der Waals surface area contributed by atoms with Crippen LogP contribution in [0.15, 0.2) is 0 Å². The van der Waals surface area contributed by atoms with E-state index in [0.29, 0.717) is 17.9 Å². The Bertz CT molecular complexity index is 426. The number of amides is 1. The number of nitrogen functional groups attached to an aromatic ring is 1. The molecule has 2 rings (SSSR count). The largest absolute Gasteiger partial charge is 0.395 e. The number of carbonyl (C=O) groups is 1. The Morgan fingerprint density at radius 2 is 2.33 bits per heavy atom. The van der Waals surface area contributed by atoms with Gasteiger partial charge in [-0.05, 0) is 19.3 Å². The molecule has 100 valence electrons. The molecule has 1 fully saturated rings. The molecule has 0 unspecified atom stereocenters. The normalized spacial score (nSPS) is 14.8. The summed E-state index contributed by atoms with van der Waals surface area (Å²) in [6.07, 6.45) is 3.73. The molecule has 0 radical (unpaired) electrons. The van der Waals surface area contributed by atoms with E-state index in [-0.39, 0.29) is 18.6 Å². The summed E-state index contributed by atoms with van der Waals surface area (Å²) in [5, 5.41) is 15.9.